The van der Waals surface area contributed by atoms with E-state index in [0.717, 1.165) is 5.56 Å². The Morgan fingerprint density at radius 3 is 2.76 bits per heavy atom. The van der Waals surface area contributed by atoms with E-state index in [1.807, 2.05) is 23.8 Å². The van der Waals surface area contributed by atoms with Gasteiger partial charge in [0.15, 0.2) is 0 Å². The molecule has 1 aromatic rings. The number of likely N-dealkylation sites (tertiary alicyclic amines) is 1. The number of thiophene rings is 1. The first-order valence-corrected chi connectivity index (χ1v) is 14.0. The van der Waals surface area contributed by atoms with Crippen molar-refractivity contribution in [2.24, 2.45) is 17.0 Å². The van der Waals surface area contributed by atoms with Gasteiger partial charge in [-0.25, -0.2) is 14.7 Å². The van der Waals surface area contributed by atoms with Crippen LogP contribution in [-0.2, 0) is 26.3 Å². The lowest BCUT2D eigenvalue weighted by Crippen LogP contribution is -2.63. The molecule has 1 aromatic heterocycles. The van der Waals surface area contributed by atoms with Crippen LogP contribution in [0.1, 0.15) is 25.8 Å². The van der Waals surface area contributed by atoms with Gasteiger partial charge in [-0.2, -0.15) is 19.8 Å². The van der Waals surface area contributed by atoms with Gasteiger partial charge in [-0.15, -0.1) is 11.8 Å². The number of aliphatic hydroxyl groups excluding tert-OH is 1. The van der Waals surface area contributed by atoms with Crippen LogP contribution in [0.2, 0.25) is 0 Å². The van der Waals surface area contributed by atoms with E-state index >= 15 is 0 Å². The number of thioether (sulfide) groups is 1. The fourth-order valence-electron chi connectivity index (χ4n) is 5.12. The van der Waals surface area contributed by atoms with E-state index in [0.29, 0.717) is 24.4 Å². The summed E-state index contributed by atoms with van der Waals surface area (Å²) in [4.78, 5) is 28.8. The lowest BCUT2D eigenvalue weighted by molar-refractivity contribution is -0.163. The van der Waals surface area contributed by atoms with Crippen LogP contribution in [0, 0.1) is 11.8 Å². The largest absolute Gasteiger partial charge is 0.477 e. The van der Waals surface area contributed by atoms with Crippen LogP contribution in [0.5, 0.6) is 0 Å². The fourth-order valence-corrected chi connectivity index (χ4v) is 7.80. The molecule has 13 heteroatoms. The number of nitrogens with zero attached hydrogens (tertiary/aromatic N) is 2. The number of carbonyl (C=O) groups excluding carboxylic acids is 1. The van der Waals surface area contributed by atoms with Crippen molar-refractivity contribution in [3.8, 4) is 0 Å². The van der Waals surface area contributed by atoms with Crippen molar-refractivity contribution in [2.75, 3.05) is 13.1 Å². The summed E-state index contributed by atoms with van der Waals surface area (Å²) in [6, 6.07) is 1.57. The molecule has 10 nitrogen and oxygen atoms in total. The van der Waals surface area contributed by atoms with Gasteiger partial charge in [0.05, 0.1) is 18.1 Å². The van der Waals surface area contributed by atoms with Crippen molar-refractivity contribution in [3.05, 3.63) is 33.0 Å². The Labute approximate surface area is 201 Å². The third kappa shape index (κ3) is 4.85. The number of nitrogens with one attached hydrogen (secondary N) is 1. The zero-order valence-electron chi connectivity index (χ0n) is 18.2. The second-order valence-corrected chi connectivity index (χ2v) is 12.4. The minimum atomic E-state index is -3.83. The van der Waals surface area contributed by atoms with Crippen molar-refractivity contribution in [1.29, 1.82) is 0 Å². The highest BCUT2D eigenvalue weighted by atomic mass is 32.2. The molecule has 0 aliphatic carbocycles. The predicted molar refractivity (Wildman–Crippen MR) is 125 cm³/mol. The van der Waals surface area contributed by atoms with Crippen molar-refractivity contribution in [2.45, 2.75) is 50.3 Å². The summed E-state index contributed by atoms with van der Waals surface area (Å²) in [6.07, 6.45) is -0.208. The van der Waals surface area contributed by atoms with Crippen molar-refractivity contribution >= 4 is 45.2 Å². The summed E-state index contributed by atoms with van der Waals surface area (Å²) < 4.78 is 25.3. The maximum Gasteiger partial charge on any atom is 0.353 e. The molecule has 0 saturated carbocycles. The standard InChI is InChI=1S/C20H28N4O6S3/c1-10-16-15(11(2)25)19(26)24(16)17(20(27)28)18(10)32-14-5-13(6-22-33(21,29)30)23(8-14)7-12-3-4-31-9-12/h3-4,9-11,13-16,22,25H,5-8H2,1-2H3,(H,27,28)(H2,21,29,30)/t10-,11-,13+,14+,15-,16-/m1/s1. The van der Waals surface area contributed by atoms with Gasteiger partial charge in [-0.1, -0.05) is 6.92 Å². The molecule has 4 rings (SSSR count). The van der Waals surface area contributed by atoms with Crippen LogP contribution >= 0.6 is 23.1 Å². The quantitative estimate of drug-likeness (QED) is 0.344. The van der Waals surface area contributed by atoms with E-state index in [2.05, 4.69) is 9.62 Å². The lowest BCUT2D eigenvalue weighted by Gasteiger charge is -2.46. The molecule has 0 radical (unpaired) electrons. The number of carbonyl (C=O) groups is 2. The summed E-state index contributed by atoms with van der Waals surface area (Å²) >= 11 is 3.04. The highest BCUT2D eigenvalue weighted by molar-refractivity contribution is 8.03. The predicted octanol–water partition coefficient (Wildman–Crippen LogP) is 0.371. The molecule has 1 amide bonds. The Morgan fingerprint density at radius 1 is 1.45 bits per heavy atom. The number of hydrogen-bond donors (Lipinski definition) is 4. The fraction of sp³-hybridized carbons (Fsp3) is 0.600. The molecule has 6 atom stereocenters. The summed E-state index contributed by atoms with van der Waals surface area (Å²) in [7, 11) is -3.83. The van der Waals surface area contributed by atoms with Crippen LogP contribution in [0.15, 0.2) is 27.4 Å². The molecule has 2 fully saturated rings. The van der Waals surface area contributed by atoms with Gasteiger partial charge in [0.2, 0.25) is 5.91 Å². The number of amides is 1. The minimum absolute atomic E-state index is 0.00916. The van der Waals surface area contributed by atoms with E-state index in [9.17, 15) is 28.2 Å². The Kier molecular flexibility index (Phi) is 6.93. The molecule has 3 aliphatic rings. The van der Waals surface area contributed by atoms with Gasteiger partial charge in [0, 0.05) is 41.7 Å². The average Bonchev–Trinajstić information content (AvgIpc) is 3.39. The van der Waals surface area contributed by atoms with Crippen molar-refractivity contribution in [1.82, 2.24) is 14.5 Å². The molecule has 0 spiro atoms. The van der Waals surface area contributed by atoms with Crippen molar-refractivity contribution < 1.29 is 28.2 Å². The first kappa shape index (κ1) is 24.6. The Bertz CT molecular complexity index is 1060. The van der Waals surface area contributed by atoms with Crippen molar-refractivity contribution in [3.63, 3.8) is 0 Å². The summed E-state index contributed by atoms with van der Waals surface area (Å²) in [5.41, 5.74) is 1.13. The first-order chi connectivity index (χ1) is 15.5. The first-order valence-electron chi connectivity index (χ1n) is 10.7. The minimum Gasteiger partial charge on any atom is -0.477 e. The second-order valence-electron chi connectivity index (χ2n) is 8.86. The van der Waals surface area contributed by atoms with Gasteiger partial charge in [-0.3, -0.25) is 9.69 Å². The summed E-state index contributed by atoms with van der Waals surface area (Å²) in [5, 5.41) is 29.1. The molecule has 0 bridgehead atoms. The number of aliphatic carboxylic acids is 1. The molecule has 182 valence electrons. The zero-order valence-corrected chi connectivity index (χ0v) is 20.7. The van der Waals surface area contributed by atoms with E-state index < -0.39 is 28.2 Å². The molecular formula is C20H28N4O6S3. The number of carboxylic acids is 1. The number of carboxylic acid groups (broad SMARTS) is 1. The molecule has 0 aromatic carbocycles. The summed E-state index contributed by atoms with van der Waals surface area (Å²) in [6.45, 7) is 4.91. The third-order valence-electron chi connectivity index (χ3n) is 6.58. The van der Waals surface area contributed by atoms with Crippen LogP contribution < -0.4 is 9.86 Å². The average molecular weight is 517 g/mol. The zero-order chi connectivity index (χ0) is 24.1. The van der Waals surface area contributed by atoms with Crippen LogP contribution in [-0.4, -0.2) is 76.8 Å². The number of nitrogens with two attached hydrogens (primary N) is 1. The second kappa shape index (κ2) is 9.29. The number of hydrogen-bond acceptors (Lipinski definition) is 8. The van der Waals surface area contributed by atoms with Gasteiger partial charge >= 0.3 is 5.97 Å². The summed E-state index contributed by atoms with van der Waals surface area (Å²) in [5.74, 6) is -2.30. The van der Waals surface area contributed by atoms with Crippen LogP contribution in [0.4, 0.5) is 0 Å². The van der Waals surface area contributed by atoms with E-state index in [1.54, 1.807) is 18.3 Å². The highest BCUT2D eigenvalue weighted by Gasteiger charge is 2.60. The maximum absolute atomic E-state index is 12.6. The SMILES string of the molecule is C[C@@H](O)[C@H]1C(=O)N2C(C(=O)O)=C(S[C@H]3C[C@@H](CNS(N)(=O)=O)N(Cc4ccsc4)C3)[C@H](C)[C@H]12. The molecule has 4 heterocycles. The third-order valence-corrected chi connectivity index (χ3v) is 9.38. The van der Waals surface area contributed by atoms with Gasteiger partial charge < -0.3 is 15.1 Å². The van der Waals surface area contributed by atoms with Crippen LogP contribution in [0.3, 0.4) is 0 Å². The smallest absolute Gasteiger partial charge is 0.353 e. The van der Waals surface area contributed by atoms with Crippen LogP contribution in [0.25, 0.3) is 0 Å². The lowest BCUT2D eigenvalue weighted by atomic mass is 9.79. The Hall–Kier alpha value is -1.48. The maximum atomic E-state index is 12.6. The van der Waals surface area contributed by atoms with E-state index in [-0.39, 0.29) is 41.4 Å². The monoisotopic (exact) mass is 516 g/mol. The van der Waals surface area contributed by atoms with Gasteiger partial charge in [-0.05, 0) is 35.7 Å². The number of rotatable bonds is 9. The van der Waals surface area contributed by atoms with Gasteiger partial charge in [0.25, 0.3) is 10.2 Å². The molecular weight excluding hydrogens is 488 g/mol. The van der Waals surface area contributed by atoms with Gasteiger partial charge in [0.1, 0.15) is 5.70 Å². The van der Waals surface area contributed by atoms with E-state index in [4.69, 9.17) is 5.14 Å². The molecule has 5 N–H and O–H groups in total. The molecule has 33 heavy (non-hydrogen) atoms. The topological polar surface area (TPSA) is 153 Å². The number of fused-ring (bicyclic) bond motifs is 1. The molecule has 0 unspecified atom stereocenters. The van der Waals surface area contributed by atoms with E-state index in [1.165, 1.54) is 16.7 Å². The number of aliphatic hydroxyl groups is 1. The highest BCUT2D eigenvalue weighted by Crippen LogP contribution is 2.52. The normalized spacial score (nSPS) is 31.1. The molecule has 2 saturated heterocycles. The Balaban J connectivity index is 1.53. The molecule has 3 aliphatic heterocycles. The Morgan fingerprint density at radius 2 is 2.18 bits per heavy atom. The number of β-lactam (4-membered cyclic amide) rings is 1.